The van der Waals surface area contributed by atoms with E-state index in [2.05, 4.69) is 97.3 Å². The topological polar surface area (TPSA) is 4.93 Å². The molecule has 5 aromatic carbocycles. The number of nitrogens with zero attached hydrogens (tertiary/aromatic N) is 1. The standard InChI is InChI=1S/C26H19N/c1-16-13-14-22(17(2)15-16)27-23-11-5-9-20-18-7-3-4-8-19(18)21-10-6-12-24(27)26(21)25(20)23/h3-15H,1-2H3. The van der Waals surface area contributed by atoms with Crippen LogP contribution >= 0.6 is 0 Å². The van der Waals surface area contributed by atoms with Gasteiger partial charge in [-0.25, -0.2) is 0 Å². The molecule has 0 amide bonds. The molecule has 0 radical (unpaired) electrons. The molecule has 0 unspecified atom stereocenters. The van der Waals surface area contributed by atoms with Gasteiger partial charge in [-0.3, -0.25) is 0 Å². The Hall–Kier alpha value is -3.32. The van der Waals surface area contributed by atoms with Crippen LogP contribution in [0, 0.1) is 13.8 Å². The van der Waals surface area contributed by atoms with E-state index in [1.165, 1.54) is 60.2 Å². The summed E-state index contributed by atoms with van der Waals surface area (Å²) in [4.78, 5) is 0. The molecule has 0 saturated carbocycles. The molecule has 0 aliphatic carbocycles. The van der Waals surface area contributed by atoms with E-state index < -0.39 is 0 Å². The van der Waals surface area contributed by atoms with E-state index in [1.807, 2.05) is 0 Å². The first-order chi connectivity index (χ1) is 13.2. The lowest BCUT2D eigenvalue weighted by atomic mass is 9.95. The average Bonchev–Trinajstić information content (AvgIpc) is 3.03. The molecule has 1 heterocycles. The number of aromatic nitrogens is 1. The van der Waals surface area contributed by atoms with Crippen molar-refractivity contribution in [2.24, 2.45) is 0 Å². The monoisotopic (exact) mass is 345 g/mol. The van der Waals surface area contributed by atoms with Gasteiger partial charge in [0, 0.05) is 16.5 Å². The first-order valence-electron chi connectivity index (χ1n) is 9.47. The van der Waals surface area contributed by atoms with Crippen molar-refractivity contribution < 1.29 is 0 Å². The summed E-state index contributed by atoms with van der Waals surface area (Å²) in [7, 11) is 0. The lowest BCUT2D eigenvalue weighted by molar-refractivity contribution is 1.14. The highest BCUT2D eigenvalue weighted by Gasteiger charge is 2.19. The fourth-order valence-electron chi connectivity index (χ4n) is 4.83. The summed E-state index contributed by atoms with van der Waals surface area (Å²) in [5.41, 5.74) is 6.45. The van der Waals surface area contributed by atoms with E-state index in [1.54, 1.807) is 0 Å². The largest absolute Gasteiger partial charge is 0.309 e. The van der Waals surface area contributed by atoms with Crippen LogP contribution in [0.5, 0.6) is 0 Å². The van der Waals surface area contributed by atoms with E-state index >= 15 is 0 Å². The predicted octanol–water partition coefficient (Wildman–Crippen LogP) is 7.14. The molecular weight excluding hydrogens is 326 g/mol. The molecule has 6 aromatic rings. The zero-order valence-corrected chi connectivity index (χ0v) is 15.5. The molecule has 6 rings (SSSR count). The molecule has 0 aliphatic heterocycles. The van der Waals surface area contributed by atoms with Crippen molar-refractivity contribution >= 4 is 43.4 Å². The molecule has 27 heavy (non-hydrogen) atoms. The highest BCUT2D eigenvalue weighted by molar-refractivity contribution is 6.34. The van der Waals surface area contributed by atoms with Gasteiger partial charge in [0.05, 0.1) is 11.0 Å². The van der Waals surface area contributed by atoms with Gasteiger partial charge in [0.1, 0.15) is 0 Å². The van der Waals surface area contributed by atoms with Crippen LogP contribution in [0.15, 0.2) is 78.9 Å². The van der Waals surface area contributed by atoms with Crippen molar-refractivity contribution in [3.63, 3.8) is 0 Å². The summed E-state index contributed by atoms with van der Waals surface area (Å²) in [5.74, 6) is 0. The van der Waals surface area contributed by atoms with E-state index in [0.29, 0.717) is 0 Å². The fraction of sp³-hybridized carbons (Fsp3) is 0.0769. The van der Waals surface area contributed by atoms with Crippen LogP contribution < -0.4 is 0 Å². The summed E-state index contributed by atoms with van der Waals surface area (Å²) >= 11 is 0. The lowest BCUT2D eigenvalue weighted by Gasteiger charge is -2.11. The number of fused-ring (bicyclic) bond motifs is 3. The van der Waals surface area contributed by atoms with Crippen LogP contribution in [0.2, 0.25) is 0 Å². The Morgan fingerprint density at radius 1 is 0.556 bits per heavy atom. The van der Waals surface area contributed by atoms with Crippen LogP contribution in [-0.2, 0) is 0 Å². The third kappa shape index (κ3) is 1.84. The quantitative estimate of drug-likeness (QED) is 0.279. The molecule has 128 valence electrons. The molecular formula is C26H19N. The van der Waals surface area contributed by atoms with Gasteiger partial charge >= 0.3 is 0 Å². The van der Waals surface area contributed by atoms with Gasteiger partial charge in [-0.2, -0.15) is 0 Å². The second-order valence-corrected chi connectivity index (χ2v) is 7.57. The summed E-state index contributed by atoms with van der Waals surface area (Å²) < 4.78 is 2.44. The number of hydrogen-bond donors (Lipinski definition) is 0. The highest BCUT2D eigenvalue weighted by atomic mass is 15.0. The average molecular weight is 345 g/mol. The van der Waals surface area contributed by atoms with E-state index in [4.69, 9.17) is 0 Å². The van der Waals surface area contributed by atoms with Gasteiger partial charge in [0.25, 0.3) is 0 Å². The van der Waals surface area contributed by atoms with Crippen molar-refractivity contribution in [3.05, 3.63) is 90.0 Å². The Morgan fingerprint density at radius 3 is 1.67 bits per heavy atom. The first-order valence-corrected chi connectivity index (χ1v) is 9.47. The van der Waals surface area contributed by atoms with Crippen LogP contribution in [0.4, 0.5) is 0 Å². The molecule has 0 saturated heterocycles. The molecule has 0 bridgehead atoms. The Morgan fingerprint density at radius 2 is 1.11 bits per heavy atom. The maximum Gasteiger partial charge on any atom is 0.0547 e. The fourth-order valence-corrected chi connectivity index (χ4v) is 4.83. The molecule has 0 N–H and O–H groups in total. The molecule has 0 spiro atoms. The Kier molecular flexibility index (Phi) is 2.80. The third-order valence-corrected chi connectivity index (χ3v) is 5.92. The zero-order valence-electron chi connectivity index (χ0n) is 15.5. The Balaban J connectivity index is 1.94. The summed E-state index contributed by atoms with van der Waals surface area (Å²) in [6.07, 6.45) is 0. The summed E-state index contributed by atoms with van der Waals surface area (Å²) in [6, 6.07) is 29.0. The summed E-state index contributed by atoms with van der Waals surface area (Å²) in [5, 5.41) is 8.11. The van der Waals surface area contributed by atoms with Crippen LogP contribution in [0.3, 0.4) is 0 Å². The Bertz CT molecular complexity index is 1400. The van der Waals surface area contributed by atoms with Gasteiger partial charge in [0.2, 0.25) is 0 Å². The van der Waals surface area contributed by atoms with E-state index in [-0.39, 0.29) is 0 Å². The van der Waals surface area contributed by atoms with Gasteiger partial charge in [-0.15, -0.1) is 0 Å². The van der Waals surface area contributed by atoms with Crippen molar-refractivity contribution in [1.29, 1.82) is 0 Å². The van der Waals surface area contributed by atoms with Gasteiger partial charge in [-0.05, 0) is 59.2 Å². The van der Waals surface area contributed by atoms with Crippen LogP contribution in [-0.4, -0.2) is 4.57 Å². The Labute approximate surface area is 157 Å². The second kappa shape index (κ2) is 5.11. The number of rotatable bonds is 1. The van der Waals surface area contributed by atoms with Crippen molar-refractivity contribution in [3.8, 4) is 5.69 Å². The minimum atomic E-state index is 1.26. The minimum absolute atomic E-state index is 1.26. The van der Waals surface area contributed by atoms with Gasteiger partial charge in [-0.1, -0.05) is 66.2 Å². The first kappa shape index (κ1) is 14.8. The molecule has 0 atom stereocenters. The third-order valence-electron chi connectivity index (χ3n) is 5.92. The molecule has 0 fully saturated rings. The molecule has 0 aliphatic rings. The minimum Gasteiger partial charge on any atom is -0.309 e. The smallest absolute Gasteiger partial charge is 0.0547 e. The van der Waals surface area contributed by atoms with Crippen molar-refractivity contribution in [1.82, 2.24) is 4.57 Å². The van der Waals surface area contributed by atoms with Gasteiger partial charge in [0.15, 0.2) is 0 Å². The SMILES string of the molecule is Cc1ccc(-n2c3cccc4c5ccccc5c5cccc2c5c43)c(C)c1. The summed E-state index contributed by atoms with van der Waals surface area (Å²) in [6.45, 7) is 4.37. The molecule has 1 aromatic heterocycles. The van der Waals surface area contributed by atoms with Crippen LogP contribution in [0.25, 0.3) is 49.0 Å². The maximum atomic E-state index is 2.44. The number of aryl methyl sites for hydroxylation is 2. The number of hydrogen-bond acceptors (Lipinski definition) is 0. The lowest BCUT2D eigenvalue weighted by Crippen LogP contribution is -1.97. The zero-order chi connectivity index (χ0) is 18.1. The normalized spacial score (nSPS) is 12.1. The molecule has 1 heteroatoms. The van der Waals surface area contributed by atoms with Crippen LogP contribution in [0.1, 0.15) is 11.1 Å². The number of benzene rings is 5. The second-order valence-electron chi connectivity index (χ2n) is 7.57. The highest BCUT2D eigenvalue weighted by Crippen LogP contribution is 2.43. The van der Waals surface area contributed by atoms with Crippen molar-refractivity contribution in [2.75, 3.05) is 0 Å². The van der Waals surface area contributed by atoms with E-state index in [9.17, 15) is 0 Å². The van der Waals surface area contributed by atoms with Gasteiger partial charge < -0.3 is 4.57 Å². The maximum absolute atomic E-state index is 2.44. The van der Waals surface area contributed by atoms with Crippen molar-refractivity contribution in [2.45, 2.75) is 13.8 Å². The molecule has 1 nitrogen and oxygen atoms in total. The predicted molar refractivity (Wildman–Crippen MR) is 116 cm³/mol. The van der Waals surface area contributed by atoms with E-state index in [0.717, 1.165) is 0 Å².